The average molecular weight is 297 g/mol. The van der Waals surface area contributed by atoms with Crippen molar-refractivity contribution >= 4 is 5.97 Å². The molecule has 8 heteroatoms. The second kappa shape index (κ2) is 5.04. The van der Waals surface area contributed by atoms with Gasteiger partial charge in [0.2, 0.25) is 0 Å². The van der Waals surface area contributed by atoms with Crippen LogP contribution in [0.3, 0.4) is 0 Å². The van der Waals surface area contributed by atoms with E-state index in [-0.39, 0.29) is 12.0 Å². The zero-order chi connectivity index (χ0) is 15.2. The zero-order valence-electron chi connectivity index (χ0n) is 12.0. The van der Waals surface area contributed by atoms with E-state index in [4.69, 9.17) is 9.47 Å². The SMILES string of the molecule is CC(C)C(C(=O)O)n1cc(C2(O)CC[C@H]3CO[C@@H]2O3)nn1. The molecule has 8 nitrogen and oxygen atoms in total. The molecule has 0 aliphatic carbocycles. The molecule has 2 unspecified atom stereocenters. The van der Waals surface area contributed by atoms with Crippen LogP contribution in [0.4, 0.5) is 0 Å². The van der Waals surface area contributed by atoms with E-state index in [1.807, 2.05) is 0 Å². The Balaban J connectivity index is 1.89. The van der Waals surface area contributed by atoms with Gasteiger partial charge in [0, 0.05) is 0 Å². The minimum absolute atomic E-state index is 0.0211. The van der Waals surface area contributed by atoms with Crippen molar-refractivity contribution in [3.63, 3.8) is 0 Å². The van der Waals surface area contributed by atoms with E-state index < -0.39 is 23.9 Å². The predicted molar refractivity (Wildman–Crippen MR) is 69.3 cm³/mol. The van der Waals surface area contributed by atoms with E-state index in [0.717, 1.165) is 0 Å². The smallest absolute Gasteiger partial charge is 0.328 e. The molecule has 3 rings (SSSR count). The van der Waals surface area contributed by atoms with E-state index in [0.29, 0.717) is 25.1 Å². The topological polar surface area (TPSA) is 107 Å². The van der Waals surface area contributed by atoms with Gasteiger partial charge >= 0.3 is 5.97 Å². The molecule has 1 aromatic heterocycles. The van der Waals surface area contributed by atoms with Crippen LogP contribution >= 0.6 is 0 Å². The molecule has 21 heavy (non-hydrogen) atoms. The lowest BCUT2D eigenvalue weighted by Crippen LogP contribution is -2.44. The Bertz CT molecular complexity index is 546. The van der Waals surface area contributed by atoms with Gasteiger partial charge in [0.1, 0.15) is 5.69 Å². The Morgan fingerprint density at radius 3 is 3.00 bits per heavy atom. The lowest BCUT2D eigenvalue weighted by atomic mass is 9.90. The quantitative estimate of drug-likeness (QED) is 0.822. The number of rotatable bonds is 4. The Morgan fingerprint density at radius 2 is 2.33 bits per heavy atom. The third-order valence-electron chi connectivity index (χ3n) is 4.11. The van der Waals surface area contributed by atoms with Gasteiger partial charge in [0.15, 0.2) is 17.9 Å². The van der Waals surface area contributed by atoms with Crippen molar-refractivity contribution in [3.05, 3.63) is 11.9 Å². The summed E-state index contributed by atoms with van der Waals surface area (Å²) in [5.74, 6) is -1.13. The van der Waals surface area contributed by atoms with E-state index in [1.165, 1.54) is 10.9 Å². The summed E-state index contributed by atoms with van der Waals surface area (Å²) in [7, 11) is 0. The summed E-state index contributed by atoms with van der Waals surface area (Å²) in [5.41, 5.74) is -1.08. The number of carboxylic acid groups (broad SMARTS) is 1. The van der Waals surface area contributed by atoms with Gasteiger partial charge < -0.3 is 19.7 Å². The fourth-order valence-corrected chi connectivity index (χ4v) is 2.91. The lowest BCUT2D eigenvalue weighted by molar-refractivity contribution is -0.219. The van der Waals surface area contributed by atoms with Gasteiger partial charge in [0.25, 0.3) is 0 Å². The predicted octanol–water partition coefficient (Wildman–Crippen LogP) is 0.283. The monoisotopic (exact) mass is 297 g/mol. The maximum Gasteiger partial charge on any atom is 0.328 e. The first-order chi connectivity index (χ1) is 9.91. The van der Waals surface area contributed by atoms with Crippen LogP contribution in [-0.2, 0) is 19.9 Å². The highest BCUT2D eigenvalue weighted by molar-refractivity contribution is 5.72. The number of carbonyl (C=O) groups is 1. The Labute approximate surface area is 121 Å². The summed E-state index contributed by atoms with van der Waals surface area (Å²) in [5, 5.41) is 27.9. The van der Waals surface area contributed by atoms with Crippen LogP contribution in [0.5, 0.6) is 0 Å². The minimum Gasteiger partial charge on any atom is -0.480 e. The zero-order valence-corrected chi connectivity index (χ0v) is 12.0. The van der Waals surface area contributed by atoms with Crippen LogP contribution in [0.1, 0.15) is 38.4 Å². The summed E-state index contributed by atoms with van der Waals surface area (Å²) in [4.78, 5) is 11.3. The maximum absolute atomic E-state index is 11.3. The maximum atomic E-state index is 11.3. The number of nitrogens with zero attached hydrogens (tertiary/aromatic N) is 3. The van der Waals surface area contributed by atoms with Crippen LogP contribution in [0.15, 0.2) is 6.20 Å². The molecule has 0 spiro atoms. The van der Waals surface area contributed by atoms with Gasteiger partial charge in [0.05, 0.1) is 18.9 Å². The minimum atomic E-state index is -1.37. The van der Waals surface area contributed by atoms with Crippen molar-refractivity contribution in [2.45, 2.75) is 50.7 Å². The number of aromatic nitrogens is 3. The van der Waals surface area contributed by atoms with Crippen molar-refractivity contribution < 1.29 is 24.5 Å². The summed E-state index contributed by atoms with van der Waals surface area (Å²) in [6.07, 6.45) is 1.87. The lowest BCUT2D eigenvalue weighted by Gasteiger charge is -2.34. The van der Waals surface area contributed by atoms with Crippen LogP contribution in [0, 0.1) is 5.92 Å². The van der Waals surface area contributed by atoms with Crippen LogP contribution in [0.25, 0.3) is 0 Å². The van der Waals surface area contributed by atoms with Crippen LogP contribution in [-0.4, -0.2) is 50.2 Å². The molecule has 0 amide bonds. The molecule has 2 fully saturated rings. The fourth-order valence-electron chi connectivity index (χ4n) is 2.91. The molecule has 1 aromatic rings. The van der Waals surface area contributed by atoms with Gasteiger partial charge in [-0.2, -0.15) is 0 Å². The molecular formula is C13H19N3O5. The second-order valence-corrected chi connectivity index (χ2v) is 6.00. The molecule has 2 aliphatic heterocycles. The largest absolute Gasteiger partial charge is 0.480 e. The first kappa shape index (κ1) is 14.4. The highest BCUT2D eigenvalue weighted by Crippen LogP contribution is 2.41. The Morgan fingerprint density at radius 1 is 1.57 bits per heavy atom. The molecule has 2 aliphatic rings. The Kier molecular flexibility index (Phi) is 3.46. The summed E-state index contributed by atoms with van der Waals surface area (Å²) in [6.45, 7) is 4.05. The molecule has 2 N–H and O–H groups in total. The first-order valence-corrected chi connectivity index (χ1v) is 7.06. The number of aliphatic carboxylic acids is 1. The van der Waals surface area contributed by atoms with Gasteiger partial charge in [-0.15, -0.1) is 5.10 Å². The number of aliphatic hydroxyl groups is 1. The van der Waals surface area contributed by atoms with Crippen molar-refractivity contribution in [1.82, 2.24) is 15.0 Å². The summed E-state index contributed by atoms with van der Waals surface area (Å²) in [6, 6.07) is -0.823. The van der Waals surface area contributed by atoms with E-state index in [1.54, 1.807) is 13.8 Å². The molecule has 2 saturated heterocycles. The van der Waals surface area contributed by atoms with E-state index >= 15 is 0 Å². The normalized spacial score (nSPS) is 33.3. The fraction of sp³-hybridized carbons (Fsp3) is 0.769. The summed E-state index contributed by atoms with van der Waals surface area (Å²) < 4.78 is 12.3. The van der Waals surface area contributed by atoms with Gasteiger partial charge in [-0.3, -0.25) is 0 Å². The first-order valence-electron chi connectivity index (χ1n) is 7.06. The van der Waals surface area contributed by atoms with Crippen molar-refractivity contribution in [1.29, 1.82) is 0 Å². The van der Waals surface area contributed by atoms with Crippen molar-refractivity contribution in [2.24, 2.45) is 5.92 Å². The number of hydrogen-bond acceptors (Lipinski definition) is 6. The number of fused-ring (bicyclic) bond motifs is 2. The molecule has 0 aromatic carbocycles. The molecule has 4 atom stereocenters. The number of hydrogen-bond donors (Lipinski definition) is 2. The highest BCUT2D eigenvalue weighted by atomic mass is 16.7. The van der Waals surface area contributed by atoms with E-state index in [9.17, 15) is 15.0 Å². The molecule has 116 valence electrons. The highest BCUT2D eigenvalue weighted by Gasteiger charge is 2.51. The van der Waals surface area contributed by atoms with Crippen molar-refractivity contribution in [2.75, 3.05) is 6.61 Å². The van der Waals surface area contributed by atoms with E-state index in [2.05, 4.69) is 10.3 Å². The van der Waals surface area contributed by atoms with Gasteiger partial charge in [-0.05, 0) is 18.8 Å². The molecule has 3 heterocycles. The van der Waals surface area contributed by atoms with Crippen molar-refractivity contribution in [3.8, 4) is 0 Å². The third-order valence-corrected chi connectivity index (χ3v) is 4.11. The standard InChI is InChI=1S/C13H19N3O5/c1-7(2)10(11(17)18)16-5-9(14-15-16)13(19)4-3-8-6-20-12(13)21-8/h5,7-8,10,12,19H,3-4,6H2,1-2H3,(H,17,18)/t8-,10?,12+,13?/m0/s1. The molecule has 0 radical (unpaired) electrons. The molecule has 0 saturated carbocycles. The Hall–Kier alpha value is -1.51. The molecule has 2 bridgehead atoms. The second-order valence-electron chi connectivity index (χ2n) is 6.00. The third kappa shape index (κ3) is 2.33. The summed E-state index contributed by atoms with van der Waals surface area (Å²) >= 11 is 0. The van der Waals surface area contributed by atoms with Crippen LogP contribution < -0.4 is 0 Å². The number of carboxylic acids is 1. The average Bonchev–Trinajstić information content (AvgIpc) is 3.02. The van der Waals surface area contributed by atoms with Gasteiger partial charge in [-0.1, -0.05) is 19.1 Å². The molecular weight excluding hydrogens is 278 g/mol. The number of ether oxygens (including phenoxy) is 2. The van der Waals surface area contributed by atoms with Gasteiger partial charge in [-0.25, -0.2) is 9.48 Å². The van der Waals surface area contributed by atoms with Crippen LogP contribution in [0.2, 0.25) is 0 Å².